The SMILES string of the molecule is C[C@@H](NC(=O)[C@@H]1C[C@H]1COc1ccc(F)cc1)c1ccc(OCC(F)(F)F)cn1. The highest BCUT2D eigenvalue weighted by atomic mass is 19.4. The lowest BCUT2D eigenvalue weighted by atomic mass is 10.2. The molecule has 0 spiro atoms. The molecule has 1 aromatic heterocycles. The molecule has 1 saturated carbocycles. The number of ether oxygens (including phenoxy) is 2. The molecular formula is C20H20F4N2O3. The highest BCUT2D eigenvalue weighted by molar-refractivity contribution is 5.81. The number of hydrogen-bond donors (Lipinski definition) is 1. The normalized spacial score (nSPS) is 19.3. The summed E-state index contributed by atoms with van der Waals surface area (Å²) in [5.41, 5.74) is 0.512. The zero-order valence-electron chi connectivity index (χ0n) is 15.6. The third kappa shape index (κ3) is 6.33. The molecule has 9 heteroatoms. The van der Waals surface area contributed by atoms with E-state index in [0.29, 0.717) is 24.5 Å². The first-order chi connectivity index (χ1) is 13.7. The number of halogens is 4. The van der Waals surface area contributed by atoms with Crippen molar-refractivity contribution in [2.75, 3.05) is 13.2 Å². The Kier molecular flexibility index (Phi) is 6.24. The van der Waals surface area contributed by atoms with Gasteiger partial charge < -0.3 is 14.8 Å². The van der Waals surface area contributed by atoms with Crippen molar-refractivity contribution in [2.24, 2.45) is 11.8 Å². The van der Waals surface area contributed by atoms with Gasteiger partial charge in [0.15, 0.2) is 6.61 Å². The fraction of sp³-hybridized carbons (Fsp3) is 0.400. The van der Waals surface area contributed by atoms with Crippen LogP contribution in [0.15, 0.2) is 42.6 Å². The van der Waals surface area contributed by atoms with Crippen LogP contribution in [0.1, 0.15) is 25.1 Å². The Labute approximate surface area is 165 Å². The summed E-state index contributed by atoms with van der Waals surface area (Å²) in [5, 5.41) is 2.84. The number of hydrogen-bond acceptors (Lipinski definition) is 4. The van der Waals surface area contributed by atoms with Crippen molar-refractivity contribution in [1.29, 1.82) is 0 Å². The molecule has 1 aliphatic carbocycles. The maximum Gasteiger partial charge on any atom is 0.422 e. The lowest BCUT2D eigenvalue weighted by Crippen LogP contribution is -2.29. The van der Waals surface area contributed by atoms with Crippen LogP contribution in [-0.4, -0.2) is 30.3 Å². The minimum absolute atomic E-state index is 0.00444. The Morgan fingerprint density at radius 2 is 1.86 bits per heavy atom. The second-order valence-electron chi connectivity index (χ2n) is 6.92. The summed E-state index contributed by atoms with van der Waals surface area (Å²) in [6.45, 7) is 0.716. The van der Waals surface area contributed by atoms with E-state index in [1.807, 2.05) is 0 Å². The number of benzene rings is 1. The van der Waals surface area contributed by atoms with Crippen LogP contribution in [0.4, 0.5) is 17.6 Å². The molecule has 1 aromatic carbocycles. The number of amides is 1. The molecule has 1 aliphatic rings. The Bertz CT molecular complexity index is 825. The van der Waals surface area contributed by atoms with Crippen molar-refractivity contribution in [3.8, 4) is 11.5 Å². The molecule has 156 valence electrons. The molecule has 29 heavy (non-hydrogen) atoms. The standard InChI is InChI=1S/C20H20F4N2O3/c1-12(18-7-6-16(9-25-18)29-11-20(22,23)24)26-19(27)17-8-13(17)10-28-15-4-2-14(21)3-5-15/h2-7,9,12-13,17H,8,10-11H2,1H3,(H,26,27)/t12-,13+,17-/m1/s1. The Morgan fingerprint density at radius 3 is 2.48 bits per heavy atom. The topological polar surface area (TPSA) is 60.5 Å². The molecule has 1 fully saturated rings. The average molecular weight is 412 g/mol. The van der Waals surface area contributed by atoms with Gasteiger partial charge in [0.1, 0.15) is 17.3 Å². The first-order valence-corrected chi connectivity index (χ1v) is 9.05. The number of nitrogens with zero attached hydrogens (tertiary/aromatic N) is 1. The minimum atomic E-state index is -4.42. The highest BCUT2D eigenvalue weighted by Crippen LogP contribution is 2.39. The summed E-state index contributed by atoms with van der Waals surface area (Å²) in [7, 11) is 0. The molecule has 1 N–H and O–H groups in total. The molecule has 3 rings (SSSR count). The van der Waals surface area contributed by atoms with Gasteiger partial charge in [-0.05, 0) is 49.7 Å². The van der Waals surface area contributed by atoms with Crippen LogP contribution in [0.25, 0.3) is 0 Å². The molecule has 3 atom stereocenters. The quantitative estimate of drug-likeness (QED) is 0.665. The van der Waals surface area contributed by atoms with E-state index in [1.165, 1.54) is 42.6 Å². The molecule has 2 aromatic rings. The van der Waals surface area contributed by atoms with Crippen molar-refractivity contribution >= 4 is 5.91 Å². The van der Waals surface area contributed by atoms with E-state index in [9.17, 15) is 22.4 Å². The monoisotopic (exact) mass is 412 g/mol. The molecule has 0 aliphatic heterocycles. The lowest BCUT2D eigenvalue weighted by molar-refractivity contribution is -0.153. The van der Waals surface area contributed by atoms with Crippen LogP contribution in [0, 0.1) is 17.7 Å². The molecule has 1 heterocycles. The second-order valence-corrected chi connectivity index (χ2v) is 6.92. The van der Waals surface area contributed by atoms with E-state index >= 15 is 0 Å². The second kappa shape index (κ2) is 8.67. The number of aromatic nitrogens is 1. The van der Waals surface area contributed by atoms with E-state index in [1.54, 1.807) is 6.92 Å². The van der Waals surface area contributed by atoms with Gasteiger partial charge >= 0.3 is 6.18 Å². The van der Waals surface area contributed by atoms with Crippen LogP contribution < -0.4 is 14.8 Å². The smallest absolute Gasteiger partial charge is 0.422 e. The number of rotatable bonds is 8. The number of carbonyl (C=O) groups is 1. The van der Waals surface area contributed by atoms with E-state index in [0.717, 1.165) is 0 Å². The minimum Gasteiger partial charge on any atom is -0.493 e. The average Bonchev–Trinajstić information content (AvgIpc) is 3.45. The maximum absolute atomic E-state index is 12.9. The third-order valence-electron chi connectivity index (χ3n) is 4.50. The Morgan fingerprint density at radius 1 is 1.17 bits per heavy atom. The summed E-state index contributed by atoms with van der Waals surface area (Å²) >= 11 is 0. The Hall–Kier alpha value is -2.84. The van der Waals surface area contributed by atoms with Crippen LogP contribution >= 0.6 is 0 Å². The van der Waals surface area contributed by atoms with Crippen molar-refractivity contribution in [2.45, 2.75) is 25.6 Å². The Balaban J connectivity index is 1.43. The van der Waals surface area contributed by atoms with E-state index in [-0.39, 0.29) is 29.3 Å². The van der Waals surface area contributed by atoms with E-state index in [4.69, 9.17) is 4.74 Å². The predicted molar refractivity (Wildman–Crippen MR) is 95.8 cm³/mol. The van der Waals surface area contributed by atoms with Gasteiger partial charge in [0.2, 0.25) is 5.91 Å². The molecule has 0 unspecified atom stereocenters. The fourth-order valence-corrected chi connectivity index (χ4v) is 2.78. The zero-order valence-corrected chi connectivity index (χ0v) is 15.6. The lowest BCUT2D eigenvalue weighted by Gasteiger charge is -2.14. The van der Waals surface area contributed by atoms with Gasteiger partial charge in [-0.2, -0.15) is 13.2 Å². The van der Waals surface area contributed by atoms with Gasteiger partial charge in [0.25, 0.3) is 0 Å². The number of nitrogens with one attached hydrogen (secondary N) is 1. The maximum atomic E-state index is 12.9. The molecule has 0 saturated heterocycles. The number of carbonyl (C=O) groups excluding carboxylic acids is 1. The zero-order chi connectivity index (χ0) is 21.0. The summed E-state index contributed by atoms with van der Waals surface area (Å²) in [6.07, 6.45) is -2.53. The van der Waals surface area contributed by atoms with Crippen molar-refractivity contribution in [3.63, 3.8) is 0 Å². The van der Waals surface area contributed by atoms with Crippen LogP contribution in [-0.2, 0) is 4.79 Å². The van der Waals surface area contributed by atoms with Gasteiger partial charge in [0.05, 0.1) is 24.5 Å². The predicted octanol–water partition coefficient (Wildman–Crippen LogP) is 4.05. The summed E-state index contributed by atoms with van der Waals surface area (Å²) in [4.78, 5) is 16.4. The number of alkyl halides is 3. The van der Waals surface area contributed by atoms with Gasteiger partial charge in [0, 0.05) is 11.8 Å². The molecule has 0 radical (unpaired) electrons. The third-order valence-corrected chi connectivity index (χ3v) is 4.50. The van der Waals surface area contributed by atoms with E-state index in [2.05, 4.69) is 15.0 Å². The van der Waals surface area contributed by atoms with Gasteiger partial charge in [-0.15, -0.1) is 0 Å². The van der Waals surface area contributed by atoms with Crippen LogP contribution in [0.3, 0.4) is 0 Å². The number of pyridine rings is 1. The van der Waals surface area contributed by atoms with Crippen LogP contribution in [0.2, 0.25) is 0 Å². The highest BCUT2D eigenvalue weighted by Gasteiger charge is 2.43. The summed E-state index contributed by atoms with van der Waals surface area (Å²) in [6, 6.07) is 8.16. The first-order valence-electron chi connectivity index (χ1n) is 9.05. The van der Waals surface area contributed by atoms with E-state index < -0.39 is 18.8 Å². The molecule has 1 amide bonds. The molecular weight excluding hydrogens is 392 g/mol. The van der Waals surface area contributed by atoms with Crippen LogP contribution in [0.5, 0.6) is 11.5 Å². The van der Waals surface area contributed by atoms with Crippen molar-refractivity contribution in [1.82, 2.24) is 10.3 Å². The first kappa shape index (κ1) is 20.9. The van der Waals surface area contributed by atoms with Crippen molar-refractivity contribution < 1.29 is 31.8 Å². The molecule has 5 nitrogen and oxygen atoms in total. The fourth-order valence-electron chi connectivity index (χ4n) is 2.78. The van der Waals surface area contributed by atoms with Gasteiger partial charge in [-0.25, -0.2) is 4.39 Å². The van der Waals surface area contributed by atoms with Gasteiger partial charge in [-0.3, -0.25) is 9.78 Å². The van der Waals surface area contributed by atoms with Gasteiger partial charge in [-0.1, -0.05) is 0 Å². The summed E-state index contributed by atoms with van der Waals surface area (Å²) in [5.74, 6) is -0.0220. The summed E-state index contributed by atoms with van der Waals surface area (Å²) < 4.78 is 59.5. The molecule has 0 bridgehead atoms. The largest absolute Gasteiger partial charge is 0.493 e. The van der Waals surface area contributed by atoms with Crippen molar-refractivity contribution in [3.05, 3.63) is 54.1 Å².